The topological polar surface area (TPSA) is 66.0 Å². The molecule has 0 bridgehead atoms. The maximum atomic E-state index is 12.1. The standard InChI is InChI=1S/C23H32N4O2/c1-5-24-23(26-14-15-29-21-11-6-8-18(2)16-21)25-13-12-19-9-7-10-20(17-19)22(28)27(3)4/h6-11,16-17H,5,12-15H2,1-4H3,(H2,24,25,26). The smallest absolute Gasteiger partial charge is 0.253 e. The Labute approximate surface area is 174 Å². The molecule has 0 unspecified atom stereocenters. The summed E-state index contributed by atoms with van der Waals surface area (Å²) in [5.41, 5.74) is 2.98. The van der Waals surface area contributed by atoms with Crippen LogP contribution in [-0.4, -0.2) is 57.1 Å². The van der Waals surface area contributed by atoms with Crippen molar-refractivity contribution in [2.24, 2.45) is 4.99 Å². The van der Waals surface area contributed by atoms with E-state index in [0.29, 0.717) is 25.3 Å². The van der Waals surface area contributed by atoms with Gasteiger partial charge in [-0.2, -0.15) is 0 Å². The Morgan fingerprint density at radius 2 is 1.90 bits per heavy atom. The SMILES string of the molecule is CCNC(=NCCc1cccc(C(=O)N(C)C)c1)NCCOc1cccc(C)c1. The Balaban J connectivity index is 1.82. The second-order valence-electron chi connectivity index (χ2n) is 7.00. The highest BCUT2D eigenvalue weighted by atomic mass is 16.5. The summed E-state index contributed by atoms with van der Waals surface area (Å²) in [6, 6.07) is 15.7. The van der Waals surface area contributed by atoms with Crippen LogP contribution in [0, 0.1) is 6.92 Å². The van der Waals surface area contributed by atoms with E-state index in [0.717, 1.165) is 30.2 Å². The average Bonchev–Trinajstić information content (AvgIpc) is 2.70. The van der Waals surface area contributed by atoms with Crippen molar-refractivity contribution in [2.45, 2.75) is 20.3 Å². The summed E-state index contributed by atoms with van der Waals surface area (Å²) < 4.78 is 5.76. The molecule has 1 amide bonds. The predicted molar refractivity (Wildman–Crippen MR) is 119 cm³/mol. The zero-order valence-corrected chi connectivity index (χ0v) is 17.9. The summed E-state index contributed by atoms with van der Waals surface area (Å²) >= 11 is 0. The number of benzene rings is 2. The van der Waals surface area contributed by atoms with Crippen LogP contribution in [0.15, 0.2) is 53.5 Å². The molecule has 6 nitrogen and oxygen atoms in total. The number of hydrogen-bond donors (Lipinski definition) is 2. The number of ether oxygens (including phenoxy) is 1. The normalized spacial score (nSPS) is 11.1. The number of nitrogens with one attached hydrogen (secondary N) is 2. The summed E-state index contributed by atoms with van der Waals surface area (Å²) in [4.78, 5) is 18.3. The van der Waals surface area contributed by atoms with Crippen LogP contribution in [0.3, 0.4) is 0 Å². The molecule has 6 heteroatoms. The molecule has 0 saturated heterocycles. The van der Waals surface area contributed by atoms with Gasteiger partial charge in [0.05, 0.1) is 6.54 Å². The van der Waals surface area contributed by atoms with Gasteiger partial charge in [0.2, 0.25) is 0 Å². The summed E-state index contributed by atoms with van der Waals surface area (Å²) in [6.45, 7) is 6.73. The van der Waals surface area contributed by atoms with Gasteiger partial charge in [-0.1, -0.05) is 24.3 Å². The van der Waals surface area contributed by atoms with Crippen LogP contribution < -0.4 is 15.4 Å². The van der Waals surface area contributed by atoms with E-state index in [9.17, 15) is 4.79 Å². The van der Waals surface area contributed by atoms with Gasteiger partial charge in [-0.05, 0) is 55.7 Å². The third kappa shape index (κ3) is 7.86. The zero-order valence-electron chi connectivity index (χ0n) is 17.9. The third-order valence-corrected chi connectivity index (χ3v) is 4.25. The van der Waals surface area contributed by atoms with Crippen LogP contribution in [0.25, 0.3) is 0 Å². The van der Waals surface area contributed by atoms with Crippen molar-refractivity contribution >= 4 is 11.9 Å². The minimum absolute atomic E-state index is 0.0129. The van der Waals surface area contributed by atoms with Crippen LogP contribution in [0.2, 0.25) is 0 Å². The lowest BCUT2D eigenvalue weighted by Gasteiger charge is -2.13. The molecule has 2 aromatic rings. The van der Waals surface area contributed by atoms with Crippen LogP contribution in [0.5, 0.6) is 5.75 Å². The Morgan fingerprint density at radius 3 is 2.62 bits per heavy atom. The molecule has 0 aliphatic carbocycles. The molecule has 29 heavy (non-hydrogen) atoms. The van der Waals surface area contributed by atoms with Crippen molar-refractivity contribution in [1.29, 1.82) is 0 Å². The minimum atomic E-state index is 0.0129. The highest BCUT2D eigenvalue weighted by molar-refractivity contribution is 5.94. The Bertz CT molecular complexity index is 818. The summed E-state index contributed by atoms with van der Waals surface area (Å²) in [5.74, 6) is 1.65. The molecule has 0 aliphatic rings. The Kier molecular flexibility index (Phi) is 9.02. The molecule has 0 saturated carbocycles. The summed E-state index contributed by atoms with van der Waals surface area (Å²) in [6.07, 6.45) is 0.769. The average molecular weight is 397 g/mol. The number of aliphatic imine (C=N–C) groups is 1. The largest absolute Gasteiger partial charge is 0.492 e. The van der Waals surface area contributed by atoms with Crippen LogP contribution in [-0.2, 0) is 6.42 Å². The molecule has 0 aliphatic heterocycles. The van der Waals surface area contributed by atoms with Crippen molar-refractivity contribution in [3.8, 4) is 5.75 Å². The highest BCUT2D eigenvalue weighted by Crippen LogP contribution is 2.11. The molecule has 2 rings (SSSR count). The fraction of sp³-hybridized carbons (Fsp3) is 0.391. The number of amides is 1. The highest BCUT2D eigenvalue weighted by Gasteiger charge is 2.08. The van der Waals surface area contributed by atoms with E-state index in [1.54, 1.807) is 19.0 Å². The van der Waals surface area contributed by atoms with Gasteiger partial charge in [0.1, 0.15) is 12.4 Å². The van der Waals surface area contributed by atoms with E-state index in [4.69, 9.17) is 4.74 Å². The third-order valence-electron chi connectivity index (χ3n) is 4.25. The first-order chi connectivity index (χ1) is 14.0. The van der Waals surface area contributed by atoms with Gasteiger partial charge in [-0.3, -0.25) is 9.79 Å². The molecule has 2 aromatic carbocycles. The molecular weight excluding hydrogens is 364 g/mol. The van der Waals surface area contributed by atoms with Crippen LogP contribution >= 0.6 is 0 Å². The lowest BCUT2D eigenvalue weighted by atomic mass is 10.1. The monoisotopic (exact) mass is 396 g/mol. The number of rotatable bonds is 9. The Hall–Kier alpha value is -3.02. The zero-order chi connectivity index (χ0) is 21.1. The predicted octanol–water partition coefficient (Wildman–Crippen LogP) is 2.87. The van der Waals surface area contributed by atoms with Gasteiger partial charge in [-0.15, -0.1) is 0 Å². The summed E-state index contributed by atoms with van der Waals surface area (Å²) in [7, 11) is 3.52. The lowest BCUT2D eigenvalue weighted by molar-refractivity contribution is 0.0827. The van der Waals surface area contributed by atoms with Crippen molar-refractivity contribution in [3.05, 3.63) is 65.2 Å². The molecule has 0 atom stereocenters. The van der Waals surface area contributed by atoms with E-state index in [1.165, 1.54) is 5.56 Å². The minimum Gasteiger partial charge on any atom is -0.492 e. The molecule has 2 N–H and O–H groups in total. The van der Waals surface area contributed by atoms with Gasteiger partial charge in [0.15, 0.2) is 5.96 Å². The van der Waals surface area contributed by atoms with Crippen LogP contribution in [0.4, 0.5) is 0 Å². The molecule has 156 valence electrons. The molecule has 0 aromatic heterocycles. The first kappa shape index (κ1) is 22.3. The van der Waals surface area contributed by atoms with E-state index < -0.39 is 0 Å². The number of aryl methyl sites for hydroxylation is 1. The first-order valence-corrected chi connectivity index (χ1v) is 10.0. The maximum absolute atomic E-state index is 12.1. The van der Waals surface area contributed by atoms with Gasteiger partial charge in [0, 0.05) is 32.7 Å². The molecule has 0 radical (unpaired) electrons. The number of carbonyl (C=O) groups is 1. The fourth-order valence-corrected chi connectivity index (χ4v) is 2.80. The lowest BCUT2D eigenvalue weighted by Crippen LogP contribution is -2.39. The van der Waals surface area contributed by atoms with Gasteiger partial charge in [0.25, 0.3) is 5.91 Å². The second kappa shape index (κ2) is 11.7. The van der Waals surface area contributed by atoms with Gasteiger partial charge < -0.3 is 20.3 Å². The number of carbonyl (C=O) groups excluding carboxylic acids is 1. The van der Waals surface area contributed by atoms with E-state index >= 15 is 0 Å². The van der Waals surface area contributed by atoms with E-state index in [2.05, 4.69) is 15.6 Å². The number of hydrogen-bond acceptors (Lipinski definition) is 3. The van der Waals surface area contributed by atoms with E-state index in [-0.39, 0.29) is 5.91 Å². The summed E-state index contributed by atoms with van der Waals surface area (Å²) in [5, 5.41) is 6.53. The quantitative estimate of drug-likeness (QED) is 0.389. The maximum Gasteiger partial charge on any atom is 0.253 e. The Morgan fingerprint density at radius 1 is 1.10 bits per heavy atom. The molecule has 0 fully saturated rings. The first-order valence-electron chi connectivity index (χ1n) is 10.0. The molecule has 0 spiro atoms. The fourth-order valence-electron chi connectivity index (χ4n) is 2.80. The second-order valence-corrected chi connectivity index (χ2v) is 7.00. The van der Waals surface area contributed by atoms with Crippen molar-refractivity contribution < 1.29 is 9.53 Å². The number of nitrogens with zero attached hydrogens (tertiary/aromatic N) is 2. The van der Waals surface area contributed by atoms with Crippen molar-refractivity contribution in [2.75, 3.05) is 40.3 Å². The van der Waals surface area contributed by atoms with Crippen molar-refractivity contribution in [3.63, 3.8) is 0 Å². The number of guanidine groups is 1. The van der Waals surface area contributed by atoms with E-state index in [1.807, 2.05) is 62.4 Å². The molecular formula is C23H32N4O2. The van der Waals surface area contributed by atoms with Crippen molar-refractivity contribution in [1.82, 2.24) is 15.5 Å². The van der Waals surface area contributed by atoms with Crippen LogP contribution in [0.1, 0.15) is 28.4 Å². The van der Waals surface area contributed by atoms with Gasteiger partial charge in [-0.25, -0.2) is 0 Å². The van der Waals surface area contributed by atoms with Gasteiger partial charge >= 0.3 is 0 Å². The molecule has 0 heterocycles.